The summed E-state index contributed by atoms with van der Waals surface area (Å²) in [5.41, 5.74) is 2.00. The minimum Gasteiger partial charge on any atom is -0.294 e. The van der Waals surface area contributed by atoms with E-state index in [1.54, 1.807) is 6.08 Å². The molecular formula is C15H20O. The van der Waals surface area contributed by atoms with Gasteiger partial charge in [-0.05, 0) is 17.4 Å². The van der Waals surface area contributed by atoms with Crippen LogP contribution in [0.3, 0.4) is 0 Å². The van der Waals surface area contributed by atoms with Gasteiger partial charge in [-0.25, -0.2) is 0 Å². The Hall–Kier alpha value is -1.37. The molecule has 1 aromatic rings. The maximum atomic E-state index is 12.0. The van der Waals surface area contributed by atoms with E-state index >= 15 is 0 Å². The largest absolute Gasteiger partial charge is 0.294 e. The maximum absolute atomic E-state index is 12.0. The molecule has 0 amide bonds. The molecular weight excluding hydrogens is 196 g/mol. The van der Waals surface area contributed by atoms with Crippen molar-refractivity contribution in [2.24, 2.45) is 0 Å². The van der Waals surface area contributed by atoms with Crippen molar-refractivity contribution in [1.82, 2.24) is 0 Å². The van der Waals surface area contributed by atoms with Gasteiger partial charge < -0.3 is 0 Å². The molecule has 0 saturated heterocycles. The van der Waals surface area contributed by atoms with E-state index in [1.165, 1.54) is 0 Å². The van der Waals surface area contributed by atoms with Gasteiger partial charge in [0.15, 0.2) is 5.78 Å². The summed E-state index contributed by atoms with van der Waals surface area (Å²) in [7, 11) is 0. The Morgan fingerprint density at radius 1 is 1.31 bits per heavy atom. The number of allylic oxidation sites excluding steroid dienone is 1. The highest BCUT2D eigenvalue weighted by Crippen LogP contribution is 2.26. The predicted octanol–water partition coefficient (Wildman–Crippen LogP) is 4.13. The standard InChI is InChI=1S/C15H20O/c1-5-6-11-14(16)12-9-7-8-10-13(12)15(2,3)4/h5,7-10H,1,6,11H2,2-4H3. The lowest BCUT2D eigenvalue weighted by atomic mass is 9.82. The van der Waals surface area contributed by atoms with Gasteiger partial charge in [0.05, 0.1) is 0 Å². The number of hydrogen-bond donors (Lipinski definition) is 0. The zero-order valence-corrected chi connectivity index (χ0v) is 10.4. The third-order valence-electron chi connectivity index (χ3n) is 2.61. The second kappa shape index (κ2) is 5.11. The first-order chi connectivity index (χ1) is 7.46. The highest BCUT2D eigenvalue weighted by atomic mass is 16.1. The van der Waals surface area contributed by atoms with E-state index in [-0.39, 0.29) is 11.2 Å². The third kappa shape index (κ3) is 3.06. The molecule has 0 heterocycles. The van der Waals surface area contributed by atoms with Gasteiger partial charge in [0.25, 0.3) is 0 Å². The molecule has 0 spiro atoms. The van der Waals surface area contributed by atoms with Gasteiger partial charge in [0, 0.05) is 12.0 Å². The molecule has 0 fully saturated rings. The lowest BCUT2D eigenvalue weighted by Gasteiger charge is -2.22. The van der Waals surface area contributed by atoms with Crippen LogP contribution in [0, 0.1) is 0 Å². The molecule has 0 bridgehead atoms. The molecule has 1 nitrogen and oxygen atoms in total. The van der Waals surface area contributed by atoms with Crippen molar-refractivity contribution < 1.29 is 4.79 Å². The summed E-state index contributed by atoms with van der Waals surface area (Å²) in [4.78, 5) is 12.0. The molecule has 0 aromatic heterocycles. The van der Waals surface area contributed by atoms with E-state index in [4.69, 9.17) is 0 Å². The summed E-state index contributed by atoms with van der Waals surface area (Å²) in [6.07, 6.45) is 3.09. The van der Waals surface area contributed by atoms with Gasteiger partial charge in [0.2, 0.25) is 0 Å². The normalized spacial score (nSPS) is 11.2. The van der Waals surface area contributed by atoms with Crippen molar-refractivity contribution in [1.29, 1.82) is 0 Å². The fourth-order valence-corrected chi connectivity index (χ4v) is 1.75. The predicted molar refractivity (Wildman–Crippen MR) is 68.9 cm³/mol. The lowest BCUT2D eigenvalue weighted by Crippen LogP contribution is -2.16. The van der Waals surface area contributed by atoms with Gasteiger partial charge in [-0.2, -0.15) is 0 Å². The minimum absolute atomic E-state index is 0.0143. The molecule has 0 radical (unpaired) electrons. The zero-order chi connectivity index (χ0) is 12.2. The molecule has 16 heavy (non-hydrogen) atoms. The number of hydrogen-bond acceptors (Lipinski definition) is 1. The molecule has 86 valence electrons. The molecule has 1 aromatic carbocycles. The van der Waals surface area contributed by atoms with Crippen LogP contribution in [0.2, 0.25) is 0 Å². The van der Waals surface area contributed by atoms with Crippen molar-refractivity contribution in [2.75, 3.05) is 0 Å². The van der Waals surface area contributed by atoms with Crippen molar-refractivity contribution in [2.45, 2.75) is 39.0 Å². The van der Waals surface area contributed by atoms with Gasteiger partial charge in [-0.3, -0.25) is 4.79 Å². The highest BCUT2D eigenvalue weighted by molar-refractivity contribution is 5.97. The number of benzene rings is 1. The smallest absolute Gasteiger partial charge is 0.163 e. The Kier molecular flexibility index (Phi) is 4.05. The molecule has 0 atom stereocenters. The Morgan fingerprint density at radius 2 is 1.94 bits per heavy atom. The van der Waals surface area contributed by atoms with Crippen LogP contribution in [0.4, 0.5) is 0 Å². The van der Waals surface area contributed by atoms with Crippen LogP contribution in [0.25, 0.3) is 0 Å². The van der Waals surface area contributed by atoms with Crippen LogP contribution in [-0.4, -0.2) is 5.78 Å². The topological polar surface area (TPSA) is 17.1 Å². The summed E-state index contributed by atoms with van der Waals surface area (Å²) >= 11 is 0. The Labute approximate surface area is 98.2 Å². The van der Waals surface area contributed by atoms with Gasteiger partial charge >= 0.3 is 0 Å². The van der Waals surface area contributed by atoms with Gasteiger partial charge in [-0.15, -0.1) is 6.58 Å². The van der Waals surface area contributed by atoms with Crippen LogP contribution in [0.15, 0.2) is 36.9 Å². The first-order valence-electron chi connectivity index (χ1n) is 5.70. The molecule has 1 rings (SSSR count). The monoisotopic (exact) mass is 216 g/mol. The number of rotatable bonds is 4. The first kappa shape index (κ1) is 12.7. The van der Waals surface area contributed by atoms with E-state index < -0.39 is 0 Å². The van der Waals surface area contributed by atoms with E-state index in [9.17, 15) is 4.79 Å². The van der Waals surface area contributed by atoms with E-state index in [2.05, 4.69) is 27.4 Å². The third-order valence-corrected chi connectivity index (χ3v) is 2.61. The Balaban J connectivity index is 3.04. The Bertz CT molecular complexity index is 383. The molecule has 0 aliphatic rings. The molecule has 1 heteroatoms. The van der Waals surface area contributed by atoms with Crippen LogP contribution in [0.5, 0.6) is 0 Å². The molecule has 0 N–H and O–H groups in total. The van der Waals surface area contributed by atoms with E-state index in [0.29, 0.717) is 6.42 Å². The molecule has 0 saturated carbocycles. The lowest BCUT2D eigenvalue weighted by molar-refractivity contribution is 0.0981. The van der Waals surface area contributed by atoms with Crippen molar-refractivity contribution in [3.63, 3.8) is 0 Å². The second-order valence-electron chi connectivity index (χ2n) is 5.05. The van der Waals surface area contributed by atoms with Crippen LogP contribution >= 0.6 is 0 Å². The van der Waals surface area contributed by atoms with Crippen LogP contribution in [0.1, 0.15) is 49.5 Å². The van der Waals surface area contributed by atoms with Crippen molar-refractivity contribution in [3.8, 4) is 0 Å². The van der Waals surface area contributed by atoms with Crippen LogP contribution in [-0.2, 0) is 5.41 Å². The summed E-state index contributed by atoms with van der Waals surface area (Å²) in [6.45, 7) is 10.0. The maximum Gasteiger partial charge on any atom is 0.163 e. The van der Waals surface area contributed by atoms with E-state index in [1.807, 2.05) is 24.3 Å². The van der Waals surface area contributed by atoms with Gasteiger partial charge in [-0.1, -0.05) is 51.1 Å². The average molecular weight is 216 g/mol. The molecule has 0 aliphatic carbocycles. The summed E-state index contributed by atoms with van der Waals surface area (Å²) in [6, 6.07) is 7.88. The van der Waals surface area contributed by atoms with Gasteiger partial charge in [0.1, 0.15) is 0 Å². The number of ketones is 1. The fourth-order valence-electron chi connectivity index (χ4n) is 1.75. The zero-order valence-electron chi connectivity index (χ0n) is 10.4. The van der Waals surface area contributed by atoms with Crippen LogP contribution < -0.4 is 0 Å². The van der Waals surface area contributed by atoms with Crippen molar-refractivity contribution >= 4 is 5.78 Å². The summed E-state index contributed by atoms with van der Waals surface area (Å²) in [5, 5.41) is 0. The summed E-state index contributed by atoms with van der Waals surface area (Å²) < 4.78 is 0. The average Bonchev–Trinajstić information content (AvgIpc) is 2.24. The summed E-state index contributed by atoms with van der Waals surface area (Å²) in [5.74, 6) is 0.213. The Morgan fingerprint density at radius 3 is 2.50 bits per heavy atom. The van der Waals surface area contributed by atoms with E-state index in [0.717, 1.165) is 17.5 Å². The molecule has 0 unspecified atom stereocenters. The fraction of sp³-hybridized carbons (Fsp3) is 0.400. The number of carbonyl (C=O) groups is 1. The van der Waals surface area contributed by atoms with Crippen molar-refractivity contribution in [3.05, 3.63) is 48.0 Å². The second-order valence-corrected chi connectivity index (χ2v) is 5.05. The number of Topliss-reactive ketones (excluding diaryl/α,β-unsaturated/α-hetero) is 1. The SMILES string of the molecule is C=CCCC(=O)c1ccccc1C(C)(C)C. The first-order valence-corrected chi connectivity index (χ1v) is 5.70. The number of carbonyl (C=O) groups excluding carboxylic acids is 1. The minimum atomic E-state index is 0.0143. The highest BCUT2D eigenvalue weighted by Gasteiger charge is 2.20. The quantitative estimate of drug-likeness (QED) is 0.546. The molecule has 0 aliphatic heterocycles.